The maximum absolute atomic E-state index is 13.1. The zero-order chi connectivity index (χ0) is 23.2. The molecule has 4 bridgehead atoms. The number of hydrazone groups is 1. The summed E-state index contributed by atoms with van der Waals surface area (Å²) in [6, 6.07) is 6.91. The van der Waals surface area contributed by atoms with Crippen LogP contribution in [0.5, 0.6) is 0 Å². The Hall–Kier alpha value is -1.73. The van der Waals surface area contributed by atoms with Crippen LogP contribution in [-0.4, -0.2) is 37.4 Å². The maximum Gasteiger partial charge on any atom is 0.244 e. The number of carbonyl (C=O) groups is 1. The number of amides is 1. The van der Waals surface area contributed by atoms with E-state index < -0.39 is 10.0 Å². The molecule has 5 fully saturated rings. The first-order valence-electron chi connectivity index (χ1n) is 12.6. The molecule has 1 unspecified atom stereocenters. The fraction of sp³-hybridized carbons (Fsp3) is 0.692. The fourth-order valence-electron chi connectivity index (χ4n) is 7.56. The topological polar surface area (TPSA) is 78.8 Å². The van der Waals surface area contributed by atoms with Gasteiger partial charge in [-0.05, 0) is 107 Å². The SMILES string of the molecule is C/C(CC12CC3CC(CC(C3)C1)C2)=N/NC(=O)C1CCCN(S(=O)(=O)c2ccc(C)cc2)C1. The van der Waals surface area contributed by atoms with E-state index in [9.17, 15) is 13.2 Å². The summed E-state index contributed by atoms with van der Waals surface area (Å²) in [6.07, 6.45) is 10.6. The van der Waals surface area contributed by atoms with Gasteiger partial charge in [-0.3, -0.25) is 4.79 Å². The highest BCUT2D eigenvalue weighted by molar-refractivity contribution is 7.89. The molecule has 1 aromatic carbocycles. The number of hydrogen-bond donors (Lipinski definition) is 1. The lowest BCUT2D eigenvalue weighted by atomic mass is 9.48. The Kier molecular flexibility index (Phi) is 6.15. The van der Waals surface area contributed by atoms with E-state index in [4.69, 9.17) is 0 Å². The molecule has 1 heterocycles. The molecule has 1 aliphatic heterocycles. The molecule has 4 saturated carbocycles. The predicted octanol–water partition coefficient (Wildman–Crippen LogP) is 4.49. The van der Waals surface area contributed by atoms with Crippen molar-refractivity contribution >= 4 is 21.6 Å². The molecule has 6 nitrogen and oxygen atoms in total. The van der Waals surface area contributed by atoms with Gasteiger partial charge in [0.05, 0.1) is 10.8 Å². The van der Waals surface area contributed by atoms with Crippen molar-refractivity contribution < 1.29 is 13.2 Å². The molecule has 7 heteroatoms. The van der Waals surface area contributed by atoms with Gasteiger partial charge in [0, 0.05) is 18.8 Å². The standard InChI is InChI=1S/C26H37N3O3S/c1-18-5-7-24(8-6-18)33(31,32)29-9-3-4-23(17-29)25(30)28-27-19(2)13-26-14-20-10-21(15-26)12-22(11-20)16-26/h5-8,20-23H,3-4,9-17H2,1-2H3,(H,28,30)/b27-19-. The summed E-state index contributed by atoms with van der Waals surface area (Å²) in [5.41, 5.74) is 5.21. The Balaban J connectivity index is 1.19. The Morgan fingerprint density at radius 2 is 1.70 bits per heavy atom. The third kappa shape index (κ3) is 4.76. The lowest BCUT2D eigenvalue weighted by molar-refractivity contribution is -0.126. The Labute approximate surface area is 198 Å². The van der Waals surface area contributed by atoms with Crippen molar-refractivity contribution in [1.29, 1.82) is 0 Å². The van der Waals surface area contributed by atoms with Crippen molar-refractivity contribution in [3.8, 4) is 0 Å². The van der Waals surface area contributed by atoms with Gasteiger partial charge in [0.15, 0.2) is 0 Å². The predicted molar refractivity (Wildman–Crippen MR) is 129 cm³/mol. The van der Waals surface area contributed by atoms with Gasteiger partial charge in [-0.2, -0.15) is 9.41 Å². The lowest BCUT2D eigenvalue weighted by Gasteiger charge is -2.57. The molecular formula is C26H37N3O3S. The van der Waals surface area contributed by atoms with Crippen LogP contribution < -0.4 is 5.43 Å². The van der Waals surface area contributed by atoms with E-state index in [0.29, 0.717) is 29.7 Å². The number of piperidine rings is 1. The summed E-state index contributed by atoms with van der Waals surface area (Å²) < 4.78 is 27.6. The van der Waals surface area contributed by atoms with E-state index in [-0.39, 0.29) is 18.4 Å². The lowest BCUT2D eigenvalue weighted by Crippen LogP contribution is -2.47. The Morgan fingerprint density at radius 3 is 2.30 bits per heavy atom. The Morgan fingerprint density at radius 1 is 1.09 bits per heavy atom. The van der Waals surface area contributed by atoms with Crippen LogP contribution in [0.4, 0.5) is 0 Å². The molecule has 0 aromatic heterocycles. The van der Waals surface area contributed by atoms with E-state index in [1.807, 2.05) is 26.0 Å². The number of rotatable bonds is 6. The van der Waals surface area contributed by atoms with Crippen molar-refractivity contribution in [3.05, 3.63) is 29.8 Å². The average molecular weight is 472 g/mol. The first-order chi connectivity index (χ1) is 15.7. The molecule has 1 aromatic rings. The highest BCUT2D eigenvalue weighted by Gasteiger charge is 2.50. The minimum absolute atomic E-state index is 0.163. The number of hydrogen-bond acceptors (Lipinski definition) is 4. The van der Waals surface area contributed by atoms with E-state index in [1.54, 1.807) is 12.1 Å². The molecular weight excluding hydrogens is 434 g/mol. The van der Waals surface area contributed by atoms with E-state index in [1.165, 1.54) is 42.8 Å². The number of carbonyl (C=O) groups excluding carboxylic acids is 1. The van der Waals surface area contributed by atoms with Crippen LogP contribution >= 0.6 is 0 Å². The number of nitrogens with zero attached hydrogens (tertiary/aromatic N) is 2. The smallest absolute Gasteiger partial charge is 0.244 e. The van der Waals surface area contributed by atoms with Crippen LogP contribution in [-0.2, 0) is 14.8 Å². The zero-order valence-electron chi connectivity index (χ0n) is 19.9. The number of nitrogens with one attached hydrogen (secondary N) is 1. The van der Waals surface area contributed by atoms with Gasteiger partial charge in [0.1, 0.15) is 0 Å². The summed E-state index contributed by atoms with van der Waals surface area (Å²) in [6.45, 7) is 4.64. The van der Waals surface area contributed by atoms with Crippen molar-refractivity contribution in [2.75, 3.05) is 13.1 Å². The van der Waals surface area contributed by atoms with Crippen molar-refractivity contribution in [2.45, 2.75) is 76.5 Å². The van der Waals surface area contributed by atoms with Gasteiger partial charge >= 0.3 is 0 Å². The van der Waals surface area contributed by atoms with Crippen LogP contribution in [0.3, 0.4) is 0 Å². The van der Waals surface area contributed by atoms with Gasteiger partial charge in [0.2, 0.25) is 15.9 Å². The summed E-state index contributed by atoms with van der Waals surface area (Å²) in [5, 5.41) is 4.48. The van der Waals surface area contributed by atoms with Crippen LogP contribution in [0.15, 0.2) is 34.3 Å². The van der Waals surface area contributed by atoms with Crippen LogP contribution in [0, 0.1) is 36.0 Å². The first-order valence-corrected chi connectivity index (χ1v) is 14.1. The first kappa shape index (κ1) is 23.0. The number of benzene rings is 1. The van der Waals surface area contributed by atoms with Crippen LogP contribution in [0.2, 0.25) is 0 Å². The highest BCUT2D eigenvalue weighted by Crippen LogP contribution is 2.61. The molecule has 5 aliphatic rings. The molecule has 1 saturated heterocycles. The number of sulfonamides is 1. The summed E-state index contributed by atoms with van der Waals surface area (Å²) >= 11 is 0. The van der Waals surface area contributed by atoms with Gasteiger partial charge < -0.3 is 0 Å². The van der Waals surface area contributed by atoms with Gasteiger partial charge in [0.25, 0.3) is 0 Å². The molecule has 180 valence electrons. The fourth-order valence-corrected chi connectivity index (χ4v) is 9.09. The average Bonchev–Trinajstić information content (AvgIpc) is 2.76. The largest absolute Gasteiger partial charge is 0.273 e. The second-order valence-electron chi connectivity index (χ2n) is 11.4. The van der Waals surface area contributed by atoms with Crippen molar-refractivity contribution in [1.82, 2.24) is 9.73 Å². The monoisotopic (exact) mass is 471 g/mol. The Bertz CT molecular complexity index is 996. The van der Waals surface area contributed by atoms with Gasteiger partial charge in [-0.25, -0.2) is 13.8 Å². The summed E-state index contributed by atoms with van der Waals surface area (Å²) in [7, 11) is -3.59. The van der Waals surface area contributed by atoms with E-state index >= 15 is 0 Å². The van der Waals surface area contributed by atoms with Gasteiger partial charge in [-0.15, -0.1) is 0 Å². The molecule has 1 N–H and O–H groups in total. The van der Waals surface area contributed by atoms with Crippen LogP contribution in [0.1, 0.15) is 70.3 Å². The molecule has 0 radical (unpaired) electrons. The second kappa shape index (κ2) is 8.81. The molecule has 0 spiro atoms. The van der Waals surface area contributed by atoms with Crippen LogP contribution in [0.25, 0.3) is 0 Å². The van der Waals surface area contributed by atoms with Crippen molar-refractivity contribution in [3.63, 3.8) is 0 Å². The summed E-state index contributed by atoms with van der Waals surface area (Å²) in [4.78, 5) is 13.2. The highest BCUT2D eigenvalue weighted by atomic mass is 32.2. The normalized spacial score (nSPS) is 34.4. The number of aryl methyl sites for hydroxylation is 1. The molecule has 1 atom stereocenters. The molecule has 33 heavy (non-hydrogen) atoms. The van der Waals surface area contributed by atoms with E-state index in [2.05, 4.69) is 10.5 Å². The van der Waals surface area contributed by atoms with E-state index in [0.717, 1.165) is 35.4 Å². The molecule has 4 aliphatic carbocycles. The minimum Gasteiger partial charge on any atom is -0.273 e. The zero-order valence-corrected chi connectivity index (χ0v) is 20.7. The summed E-state index contributed by atoms with van der Waals surface area (Å²) in [5.74, 6) is 2.19. The molecule has 1 amide bonds. The second-order valence-corrected chi connectivity index (χ2v) is 13.4. The van der Waals surface area contributed by atoms with Gasteiger partial charge in [-0.1, -0.05) is 17.7 Å². The third-order valence-corrected chi connectivity index (χ3v) is 10.4. The minimum atomic E-state index is -3.59. The van der Waals surface area contributed by atoms with Crippen molar-refractivity contribution in [2.24, 2.45) is 34.2 Å². The third-order valence-electron chi connectivity index (χ3n) is 8.57. The molecule has 6 rings (SSSR count). The maximum atomic E-state index is 13.1. The quantitative estimate of drug-likeness (QED) is 0.490.